The normalized spacial score (nSPS) is 10.6. The zero-order chi connectivity index (χ0) is 13.1. The van der Waals surface area contributed by atoms with E-state index in [4.69, 9.17) is 16.7 Å². The molecule has 0 spiro atoms. The van der Waals surface area contributed by atoms with Gasteiger partial charge < -0.3 is 5.11 Å². The summed E-state index contributed by atoms with van der Waals surface area (Å²) in [5.74, 6) is -0.987. The Bertz CT molecular complexity index is 590. The van der Waals surface area contributed by atoms with Crippen molar-refractivity contribution in [1.29, 1.82) is 0 Å². The van der Waals surface area contributed by atoms with Gasteiger partial charge in [0.05, 0.1) is 16.5 Å². The van der Waals surface area contributed by atoms with E-state index >= 15 is 0 Å². The van der Waals surface area contributed by atoms with Crippen molar-refractivity contribution in [2.45, 2.75) is 5.16 Å². The van der Waals surface area contributed by atoms with Crippen LogP contribution in [0.15, 0.2) is 34.2 Å². The summed E-state index contributed by atoms with van der Waals surface area (Å²) in [6.07, 6.45) is 1.50. The number of carboxylic acid groups (broad SMARTS) is 1. The number of halogens is 2. The molecule has 1 aromatic heterocycles. The molecule has 0 amide bonds. The number of thioether (sulfide) groups is 1. The molecule has 0 radical (unpaired) electrons. The number of rotatable bonds is 4. The summed E-state index contributed by atoms with van der Waals surface area (Å²) >= 11 is 10.5. The van der Waals surface area contributed by atoms with E-state index in [0.29, 0.717) is 15.9 Å². The summed E-state index contributed by atoms with van der Waals surface area (Å²) < 4.78 is 2.52. The van der Waals surface area contributed by atoms with Crippen LogP contribution in [0.1, 0.15) is 0 Å². The van der Waals surface area contributed by atoms with Crippen LogP contribution in [0.25, 0.3) is 5.69 Å². The quantitative estimate of drug-likeness (QED) is 0.861. The van der Waals surface area contributed by atoms with Crippen molar-refractivity contribution in [1.82, 2.24) is 14.8 Å². The highest BCUT2D eigenvalue weighted by Gasteiger charge is 2.12. The Labute approximate surface area is 120 Å². The third-order valence-electron chi connectivity index (χ3n) is 2.01. The van der Waals surface area contributed by atoms with Gasteiger partial charge in [-0.1, -0.05) is 39.3 Å². The van der Waals surface area contributed by atoms with Crippen LogP contribution in [0.4, 0.5) is 0 Å². The zero-order valence-corrected chi connectivity index (χ0v) is 12.0. The Balaban J connectivity index is 2.36. The summed E-state index contributed by atoms with van der Waals surface area (Å²) in [6, 6.07) is 5.38. The number of hydrogen-bond acceptors (Lipinski definition) is 4. The minimum atomic E-state index is -0.908. The first-order valence-corrected chi connectivity index (χ1v) is 6.93. The molecule has 0 bridgehead atoms. The van der Waals surface area contributed by atoms with E-state index in [9.17, 15) is 4.79 Å². The summed E-state index contributed by atoms with van der Waals surface area (Å²) in [6.45, 7) is 0. The predicted molar refractivity (Wildman–Crippen MR) is 72.4 cm³/mol. The average Bonchev–Trinajstić information content (AvgIpc) is 2.77. The Kier molecular flexibility index (Phi) is 4.26. The molecule has 2 aromatic rings. The second-order valence-corrected chi connectivity index (χ2v) is 5.53. The summed E-state index contributed by atoms with van der Waals surface area (Å²) in [7, 11) is 0. The molecule has 18 heavy (non-hydrogen) atoms. The lowest BCUT2D eigenvalue weighted by molar-refractivity contribution is -0.133. The van der Waals surface area contributed by atoms with E-state index in [0.717, 1.165) is 16.2 Å². The van der Waals surface area contributed by atoms with E-state index in [1.165, 1.54) is 6.33 Å². The maximum Gasteiger partial charge on any atom is 0.313 e. The standard InChI is InChI=1S/C10H7BrClN3O2S/c11-6-1-2-7(12)8(3-6)15-5-13-14-10(15)18-4-9(16)17/h1-3,5H,4H2,(H,16,17). The fourth-order valence-electron chi connectivity index (χ4n) is 1.28. The maximum atomic E-state index is 10.6. The van der Waals surface area contributed by atoms with Gasteiger partial charge >= 0.3 is 5.97 Å². The van der Waals surface area contributed by atoms with Crippen molar-refractivity contribution in [3.8, 4) is 5.69 Å². The molecule has 5 nitrogen and oxygen atoms in total. The van der Waals surface area contributed by atoms with Gasteiger partial charge in [0.15, 0.2) is 5.16 Å². The van der Waals surface area contributed by atoms with E-state index in [2.05, 4.69) is 26.1 Å². The SMILES string of the molecule is O=C(O)CSc1nncn1-c1cc(Br)ccc1Cl. The van der Waals surface area contributed by atoms with Crippen LogP contribution in [0.3, 0.4) is 0 Å². The minimum Gasteiger partial charge on any atom is -0.481 e. The van der Waals surface area contributed by atoms with Crippen LogP contribution in [0.2, 0.25) is 5.02 Å². The van der Waals surface area contributed by atoms with Crippen molar-refractivity contribution in [2.24, 2.45) is 0 Å². The molecule has 0 unspecified atom stereocenters. The average molecular weight is 349 g/mol. The van der Waals surface area contributed by atoms with Gasteiger partial charge in [0.2, 0.25) is 0 Å². The second-order valence-electron chi connectivity index (χ2n) is 3.26. The van der Waals surface area contributed by atoms with Crippen molar-refractivity contribution in [2.75, 3.05) is 5.75 Å². The Hall–Kier alpha value is -1.05. The van der Waals surface area contributed by atoms with Crippen LogP contribution in [0, 0.1) is 0 Å². The smallest absolute Gasteiger partial charge is 0.313 e. The molecule has 1 N–H and O–H groups in total. The highest BCUT2D eigenvalue weighted by molar-refractivity contribution is 9.10. The number of aliphatic carboxylic acids is 1. The van der Waals surface area contributed by atoms with Crippen molar-refractivity contribution < 1.29 is 9.90 Å². The zero-order valence-electron chi connectivity index (χ0n) is 8.88. The third-order valence-corrected chi connectivity index (χ3v) is 3.75. The first-order chi connectivity index (χ1) is 8.58. The Morgan fingerprint density at radius 1 is 1.56 bits per heavy atom. The maximum absolute atomic E-state index is 10.6. The molecule has 2 rings (SSSR count). The van der Waals surface area contributed by atoms with Gasteiger partial charge in [0.1, 0.15) is 6.33 Å². The highest BCUT2D eigenvalue weighted by Crippen LogP contribution is 2.27. The number of hydrogen-bond donors (Lipinski definition) is 1. The fourth-order valence-corrected chi connectivity index (χ4v) is 2.48. The van der Waals surface area contributed by atoms with Crippen LogP contribution in [-0.2, 0) is 4.79 Å². The number of nitrogens with zero attached hydrogens (tertiary/aromatic N) is 3. The molecule has 1 heterocycles. The molecule has 0 saturated heterocycles. The molecule has 0 aliphatic rings. The monoisotopic (exact) mass is 347 g/mol. The lowest BCUT2D eigenvalue weighted by Gasteiger charge is -2.07. The molecule has 0 aliphatic carbocycles. The molecule has 0 saturated carbocycles. The number of aromatic nitrogens is 3. The number of carbonyl (C=O) groups is 1. The fraction of sp³-hybridized carbons (Fsp3) is 0.100. The van der Waals surface area contributed by atoms with E-state index in [-0.39, 0.29) is 5.75 Å². The number of carboxylic acids is 1. The first kappa shape index (κ1) is 13.4. The van der Waals surface area contributed by atoms with Gasteiger partial charge in [0.25, 0.3) is 0 Å². The van der Waals surface area contributed by atoms with Crippen molar-refractivity contribution in [3.63, 3.8) is 0 Å². The molecule has 94 valence electrons. The van der Waals surface area contributed by atoms with Crippen molar-refractivity contribution >= 4 is 45.3 Å². The molecule has 0 aliphatic heterocycles. The van der Waals surface area contributed by atoms with Gasteiger partial charge in [-0.3, -0.25) is 9.36 Å². The molecule has 0 fully saturated rings. The predicted octanol–water partition coefficient (Wildman–Crippen LogP) is 2.86. The van der Waals surface area contributed by atoms with E-state index in [1.54, 1.807) is 10.6 Å². The van der Waals surface area contributed by atoms with Crippen LogP contribution in [0.5, 0.6) is 0 Å². The lowest BCUT2D eigenvalue weighted by atomic mass is 10.3. The molecular weight excluding hydrogens is 342 g/mol. The van der Waals surface area contributed by atoms with Gasteiger partial charge in [0, 0.05) is 4.47 Å². The molecule has 1 aromatic carbocycles. The topological polar surface area (TPSA) is 68.0 Å². The third kappa shape index (κ3) is 3.04. The van der Waals surface area contributed by atoms with E-state index < -0.39 is 5.97 Å². The van der Waals surface area contributed by atoms with E-state index in [1.807, 2.05) is 12.1 Å². The Morgan fingerprint density at radius 3 is 3.06 bits per heavy atom. The summed E-state index contributed by atoms with van der Waals surface area (Å²) in [5, 5.41) is 17.3. The largest absolute Gasteiger partial charge is 0.481 e. The molecule has 0 atom stereocenters. The van der Waals surface area contributed by atoms with Gasteiger partial charge in [-0.05, 0) is 18.2 Å². The van der Waals surface area contributed by atoms with Gasteiger partial charge in [-0.15, -0.1) is 10.2 Å². The second kappa shape index (κ2) is 5.73. The summed E-state index contributed by atoms with van der Waals surface area (Å²) in [4.78, 5) is 10.6. The van der Waals surface area contributed by atoms with Crippen molar-refractivity contribution in [3.05, 3.63) is 34.0 Å². The van der Waals surface area contributed by atoms with Crippen LogP contribution >= 0.6 is 39.3 Å². The van der Waals surface area contributed by atoms with Gasteiger partial charge in [-0.2, -0.15) is 0 Å². The molecule has 8 heteroatoms. The van der Waals surface area contributed by atoms with Crippen LogP contribution < -0.4 is 0 Å². The number of benzene rings is 1. The molecular formula is C10H7BrClN3O2S. The lowest BCUT2D eigenvalue weighted by Crippen LogP contribution is -2.01. The first-order valence-electron chi connectivity index (χ1n) is 4.78. The highest BCUT2D eigenvalue weighted by atomic mass is 79.9. The summed E-state index contributed by atoms with van der Waals surface area (Å²) in [5.41, 5.74) is 0.698. The van der Waals surface area contributed by atoms with Gasteiger partial charge in [-0.25, -0.2) is 0 Å². The Morgan fingerprint density at radius 2 is 2.33 bits per heavy atom. The van der Waals surface area contributed by atoms with Crippen LogP contribution in [-0.4, -0.2) is 31.6 Å². The minimum absolute atomic E-state index is 0.0791.